The average Bonchev–Trinajstić information content (AvgIpc) is 2.51. The van der Waals surface area contributed by atoms with Gasteiger partial charge in [0.05, 0.1) is 12.8 Å². The second-order valence-corrected chi connectivity index (χ2v) is 5.83. The number of amides is 1. The standard InChI is InChI=1S/C15H22N2O6/c1-11(12(19)5-8-18)17-23-14(22)16-10-15(9-13(20)21)6-3-2-4-7-15/h8H,2-7,9-10H2,1H3,(H,16,22)(H,20,21). The van der Waals surface area contributed by atoms with Gasteiger partial charge in [-0.05, 0) is 25.2 Å². The van der Waals surface area contributed by atoms with E-state index in [0.29, 0.717) is 6.29 Å². The molecule has 0 atom stereocenters. The summed E-state index contributed by atoms with van der Waals surface area (Å²) >= 11 is 0. The van der Waals surface area contributed by atoms with Crippen molar-refractivity contribution in [3.8, 4) is 0 Å². The van der Waals surface area contributed by atoms with Gasteiger partial charge in [-0.15, -0.1) is 0 Å². The van der Waals surface area contributed by atoms with Crippen LogP contribution >= 0.6 is 0 Å². The first kappa shape index (κ1) is 18.8. The SMILES string of the molecule is CC(=NOC(=O)NCC1(CC(=O)O)CCCCC1)C(=O)CC=O. The highest BCUT2D eigenvalue weighted by molar-refractivity contribution is 6.40. The number of carbonyl (C=O) groups is 4. The van der Waals surface area contributed by atoms with Crippen LogP contribution in [0.1, 0.15) is 51.9 Å². The van der Waals surface area contributed by atoms with Crippen molar-refractivity contribution < 1.29 is 29.1 Å². The summed E-state index contributed by atoms with van der Waals surface area (Å²) in [4.78, 5) is 48.7. The van der Waals surface area contributed by atoms with Crippen molar-refractivity contribution in [2.24, 2.45) is 10.6 Å². The predicted octanol–water partition coefficient (Wildman–Crippen LogP) is 1.67. The van der Waals surface area contributed by atoms with Gasteiger partial charge in [0, 0.05) is 6.54 Å². The third-order valence-corrected chi connectivity index (χ3v) is 3.99. The van der Waals surface area contributed by atoms with Gasteiger partial charge in [0.25, 0.3) is 0 Å². The van der Waals surface area contributed by atoms with E-state index in [1.54, 1.807) is 0 Å². The molecule has 2 N–H and O–H groups in total. The Morgan fingerprint density at radius 2 is 1.91 bits per heavy atom. The lowest BCUT2D eigenvalue weighted by molar-refractivity contribution is -0.140. The Morgan fingerprint density at radius 3 is 2.48 bits per heavy atom. The van der Waals surface area contributed by atoms with Crippen molar-refractivity contribution in [1.82, 2.24) is 5.32 Å². The van der Waals surface area contributed by atoms with Gasteiger partial charge < -0.3 is 15.2 Å². The highest BCUT2D eigenvalue weighted by Crippen LogP contribution is 2.38. The molecule has 0 bridgehead atoms. The molecule has 0 aliphatic heterocycles. The molecule has 8 nitrogen and oxygen atoms in total. The van der Waals surface area contributed by atoms with Gasteiger partial charge in [-0.1, -0.05) is 24.4 Å². The van der Waals surface area contributed by atoms with E-state index in [0.717, 1.165) is 32.1 Å². The summed E-state index contributed by atoms with van der Waals surface area (Å²) < 4.78 is 0. The summed E-state index contributed by atoms with van der Waals surface area (Å²) in [5.41, 5.74) is -0.542. The zero-order chi connectivity index (χ0) is 17.3. The Bertz CT molecular complexity index is 494. The fourth-order valence-electron chi connectivity index (χ4n) is 2.71. The minimum atomic E-state index is -0.893. The minimum absolute atomic E-state index is 0.00655. The molecule has 128 valence electrons. The van der Waals surface area contributed by atoms with Crippen molar-refractivity contribution in [2.45, 2.75) is 51.9 Å². The Balaban J connectivity index is 2.52. The van der Waals surface area contributed by atoms with Gasteiger partial charge in [0.2, 0.25) is 0 Å². The predicted molar refractivity (Wildman–Crippen MR) is 81.1 cm³/mol. The Kier molecular flexibility index (Phi) is 7.37. The molecule has 8 heteroatoms. The third-order valence-electron chi connectivity index (χ3n) is 3.99. The van der Waals surface area contributed by atoms with Crippen LogP contribution in [0.2, 0.25) is 0 Å². The van der Waals surface area contributed by atoms with E-state index in [2.05, 4.69) is 15.3 Å². The normalized spacial score (nSPS) is 17.2. The number of hydrogen-bond acceptors (Lipinski definition) is 6. The molecule has 0 radical (unpaired) electrons. The van der Waals surface area contributed by atoms with Gasteiger partial charge in [-0.3, -0.25) is 14.4 Å². The number of nitrogens with zero attached hydrogens (tertiary/aromatic N) is 1. The monoisotopic (exact) mass is 326 g/mol. The topological polar surface area (TPSA) is 122 Å². The molecule has 1 fully saturated rings. The molecular weight excluding hydrogens is 304 g/mol. The highest BCUT2D eigenvalue weighted by atomic mass is 16.7. The van der Waals surface area contributed by atoms with E-state index in [1.165, 1.54) is 6.92 Å². The van der Waals surface area contributed by atoms with E-state index >= 15 is 0 Å². The number of carbonyl (C=O) groups excluding carboxylic acids is 3. The van der Waals surface area contributed by atoms with Crippen molar-refractivity contribution in [3.05, 3.63) is 0 Å². The van der Waals surface area contributed by atoms with Crippen LogP contribution in [0.5, 0.6) is 0 Å². The largest absolute Gasteiger partial charge is 0.481 e. The number of aliphatic carboxylic acids is 1. The third kappa shape index (κ3) is 6.58. The molecule has 0 aromatic rings. The first-order chi connectivity index (χ1) is 10.9. The van der Waals surface area contributed by atoms with Gasteiger partial charge in [0.15, 0.2) is 5.78 Å². The second-order valence-electron chi connectivity index (χ2n) is 5.83. The van der Waals surface area contributed by atoms with Crippen molar-refractivity contribution in [1.29, 1.82) is 0 Å². The maximum Gasteiger partial charge on any atom is 0.433 e. The van der Waals surface area contributed by atoms with Crippen molar-refractivity contribution in [3.63, 3.8) is 0 Å². The zero-order valence-corrected chi connectivity index (χ0v) is 13.2. The molecule has 0 aromatic carbocycles. The molecule has 23 heavy (non-hydrogen) atoms. The van der Waals surface area contributed by atoms with Crippen LogP contribution in [-0.4, -0.2) is 41.5 Å². The molecule has 1 aliphatic rings. The van der Waals surface area contributed by atoms with E-state index < -0.39 is 23.3 Å². The number of ketones is 1. The minimum Gasteiger partial charge on any atom is -0.481 e. The van der Waals surface area contributed by atoms with Crippen LogP contribution in [0.4, 0.5) is 4.79 Å². The molecule has 0 unspecified atom stereocenters. The lowest BCUT2D eigenvalue weighted by atomic mass is 9.72. The van der Waals surface area contributed by atoms with E-state index in [1.807, 2.05) is 0 Å². The summed E-state index contributed by atoms with van der Waals surface area (Å²) in [5.74, 6) is -1.42. The maximum atomic E-state index is 11.6. The molecule has 1 rings (SSSR count). The first-order valence-electron chi connectivity index (χ1n) is 7.57. The van der Waals surface area contributed by atoms with Gasteiger partial charge in [-0.2, -0.15) is 0 Å². The summed E-state index contributed by atoms with van der Waals surface area (Å²) in [5, 5.41) is 14.9. The maximum absolute atomic E-state index is 11.6. The molecule has 0 heterocycles. The molecule has 0 aromatic heterocycles. The molecule has 0 spiro atoms. The molecular formula is C15H22N2O6. The number of oxime groups is 1. The Labute approximate surface area is 134 Å². The van der Waals surface area contributed by atoms with Crippen LogP contribution in [0.3, 0.4) is 0 Å². The summed E-state index contributed by atoms with van der Waals surface area (Å²) in [6.45, 7) is 1.53. The molecule has 1 amide bonds. The van der Waals surface area contributed by atoms with Crippen LogP contribution in [0.25, 0.3) is 0 Å². The Hall–Kier alpha value is -2.25. The molecule has 1 aliphatic carbocycles. The van der Waals surface area contributed by atoms with Gasteiger partial charge >= 0.3 is 12.1 Å². The number of carboxylic acids is 1. The van der Waals surface area contributed by atoms with E-state index in [4.69, 9.17) is 5.11 Å². The van der Waals surface area contributed by atoms with E-state index in [-0.39, 0.29) is 25.1 Å². The average molecular weight is 326 g/mol. The van der Waals surface area contributed by atoms with Gasteiger partial charge in [0.1, 0.15) is 12.0 Å². The molecule has 1 saturated carbocycles. The summed E-state index contributed by atoms with van der Waals surface area (Å²) in [7, 11) is 0. The fourth-order valence-corrected chi connectivity index (χ4v) is 2.71. The van der Waals surface area contributed by atoms with E-state index in [9.17, 15) is 19.2 Å². The number of nitrogens with one attached hydrogen (secondary N) is 1. The van der Waals surface area contributed by atoms with Crippen molar-refractivity contribution in [2.75, 3.05) is 6.54 Å². The van der Waals surface area contributed by atoms with Crippen molar-refractivity contribution >= 4 is 29.8 Å². The number of aldehydes is 1. The lowest BCUT2D eigenvalue weighted by Gasteiger charge is -2.35. The first-order valence-corrected chi connectivity index (χ1v) is 7.57. The smallest absolute Gasteiger partial charge is 0.433 e. The van der Waals surface area contributed by atoms with Crippen LogP contribution in [0.15, 0.2) is 5.16 Å². The number of carboxylic acid groups (broad SMARTS) is 1. The van der Waals surface area contributed by atoms with Crippen LogP contribution in [-0.2, 0) is 19.2 Å². The van der Waals surface area contributed by atoms with Gasteiger partial charge in [-0.25, -0.2) is 4.79 Å². The summed E-state index contributed by atoms with van der Waals surface area (Å²) in [6, 6.07) is 0. The summed E-state index contributed by atoms with van der Waals surface area (Å²) in [6.07, 6.45) is 3.67. The number of Topliss-reactive ketones (excluding diaryl/α,β-unsaturated/α-hetero) is 1. The zero-order valence-electron chi connectivity index (χ0n) is 13.2. The molecule has 0 saturated heterocycles. The quantitative estimate of drug-likeness (QED) is 0.230. The number of rotatable bonds is 8. The number of hydrogen-bond donors (Lipinski definition) is 2. The van der Waals surface area contributed by atoms with Crippen LogP contribution < -0.4 is 5.32 Å². The second kappa shape index (κ2) is 9.02. The Morgan fingerprint density at radius 1 is 1.26 bits per heavy atom. The highest BCUT2D eigenvalue weighted by Gasteiger charge is 2.34. The fraction of sp³-hybridized carbons (Fsp3) is 0.667. The van der Waals surface area contributed by atoms with Crippen LogP contribution in [0, 0.1) is 5.41 Å². The lowest BCUT2D eigenvalue weighted by Crippen LogP contribution is -2.40.